The summed E-state index contributed by atoms with van der Waals surface area (Å²) >= 11 is 5.51. The van der Waals surface area contributed by atoms with Gasteiger partial charge in [-0.15, -0.1) is 0 Å². The van der Waals surface area contributed by atoms with E-state index in [0.717, 1.165) is 27.7 Å². The van der Waals surface area contributed by atoms with Gasteiger partial charge in [-0.2, -0.15) is 0 Å². The lowest BCUT2D eigenvalue weighted by Gasteiger charge is -2.23. The van der Waals surface area contributed by atoms with Gasteiger partial charge in [-0.05, 0) is 60.6 Å². The molecule has 2 heterocycles. The molecule has 1 aliphatic rings. The summed E-state index contributed by atoms with van der Waals surface area (Å²) in [6.45, 7) is 2.44. The van der Waals surface area contributed by atoms with Crippen LogP contribution in [0.25, 0.3) is 17.0 Å². The summed E-state index contributed by atoms with van der Waals surface area (Å²) < 4.78 is 15.9. The molecule has 0 spiro atoms. The summed E-state index contributed by atoms with van der Waals surface area (Å²) in [7, 11) is 0. The van der Waals surface area contributed by atoms with Gasteiger partial charge in [0.05, 0.1) is 6.04 Å². The Morgan fingerprint density at radius 2 is 1.76 bits per heavy atom. The van der Waals surface area contributed by atoms with Gasteiger partial charge in [-0.3, -0.25) is 9.69 Å². The van der Waals surface area contributed by atoms with Crippen molar-refractivity contribution in [1.29, 1.82) is 0 Å². The molecule has 0 bridgehead atoms. The number of para-hydroxylation sites is 1. The van der Waals surface area contributed by atoms with Gasteiger partial charge in [0.1, 0.15) is 11.5 Å². The highest BCUT2D eigenvalue weighted by Gasteiger charge is 2.35. The maximum atomic E-state index is 13.8. The normalized spacial score (nSPS) is 15.9. The standard InChI is InChI=1S/C27H22FN3OS/c1-18(20-9-3-2-4-10-20)31-26(32)24(29-27(31)33)16-23-15-21-11-5-6-13-25(21)30(23)17-19-8-7-12-22(28)14-19/h2-16,18H,17H2,1H3,(H,29,33)/b24-16-/t18-/m0/s1. The topological polar surface area (TPSA) is 37.3 Å². The Morgan fingerprint density at radius 3 is 2.55 bits per heavy atom. The first-order valence-corrected chi connectivity index (χ1v) is 11.2. The fraction of sp³-hybridized carbons (Fsp3) is 0.111. The monoisotopic (exact) mass is 455 g/mol. The van der Waals surface area contributed by atoms with Crippen molar-refractivity contribution in [1.82, 2.24) is 14.8 Å². The maximum absolute atomic E-state index is 13.8. The smallest absolute Gasteiger partial charge is 0.277 e. The van der Waals surface area contributed by atoms with Crippen LogP contribution in [-0.2, 0) is 11.3 Å². The highest BCUT2D eigenvalue weighted by Crippen LogP contribution is 2.28. The number of halogens is 1. The number of hydrogen-bond acceptors (Lipinski definition) is 2. The Morgan fingerprint density at radius 1 is 1.00 bits per heavy atom. The van der Waals surface area contributed by atoms with Crippen molar-refractivity contribution >= 4 is 40.2 Å². The Hall–Kier alpha value is -3.77. The van der Waals surface area contributed by atoms with Crippen LogP contribution in [0, 0.1) is 5.82 Å². The van der Waals surface area contributed by atoms with Crippen LogP contribution < -0.4 is 5.32 Å². The first kappa shape index (κ1) is 21.1. The molecule has 4 nitrogen and oxygen atoms in total. The van der Waals surface area contributed by atoms with E-state index >= 15 is 0 Å². The van der Waals surface area contributed by atoms with E-state index in [9.17, 15) is 9.18 Å². The van der Waals surface area contributed by atoms with E-state index in [1.807, 2.05) is 79.7 Å². The molecule has 1 saturated heterocycles. The number of hydrogen-bond donors (Lipinski definition) is 1. The molecule has 1 amide bonds. The lowest BCUT2D eigenvalue weighted by molar-refractivity contribution is -0.123. The molecule has 1 atom stereocenters. The van der Waals surface area contributed by atoms with Crippen molar-refractivity contribution in [2.45, 2.75) is 19.5 Å². The number of benzene rings is 3. The molecule has 1 aromatic heterocycles. The minimum absolute atomic E-state index is 0.168. The lowest BCUT2D eigenvalue weighted by Crippen LogP contribution is -2.33. The second-order valence-corrected chi connectivity index (χ2v) is 8.48. The molecule has 1 N–H and O–H groups in total. The van der Waals surface area contributed by atoms with E-state index < -0.39 is 0 Å². The predicted octanol–water partition coefficient (Wildman–Crippen LogP) is 5.65. The van der Waals surface area contributed by atoms with Gasteiger partial charge >= 0.3 is 0 Å². The van der Waals surface area contributed by atoms with Crippen molar-refractivity contribution in [3.05, 3.63) is 113 Å². The largest absolute Gasteiger partial charge is 0.336 e. The maximum Gasteiger partial charge on any atom is 0.277 e. The molecule has 3 aromatic carbocycles. The number of fused-ring (bicyclic) bond motifs is 1. The van der Waals surface area contributed by atoms with Crippen LogP contribution in [-0.4, -0.2) is 20.5 Å². The van der Waals surface area contributed by atoms with Crippen molar-refractivity contribution in [2.75, 3.05) is 0 Å². The lowest BCUT2D eigenvalue weighted by atomic mass is 10.1. The van der Waals surface area contributed by atoms with Gasteiger partial charge < -0.3 is 9.88 Å². The first-order valence-electron chi connectivity index (χ1n) is 10.7. The number of carbonyl (C=O) groups is 1. The fourth-order valence-corrected chi connectivity index (χ4v) is 4.63. The van der Waals surface area contributed by atoms with Crippen LogP contribution in [0.1, 0.15) is 29.8 Å². The average molecular weight is 456 g/mol. The van der Waals surface area contributed by atoms with Crippen molar-refractivity contribution in [3.8, 4) is 0 Å². The first-order chi connectivity index (χ1) is 16.0. The number of amides is 1. The van der Waals surface area contributed by atoms with Crippen molar-refractivity contribution < 1.29 is 9.18 Å². The third-order valence-corrected chi connectivity index (χ3v) is 6.24. The molecule has 0 saturated carbocycles. The molecule has 4 aromatic rings. The van der Waals surface area contributed by atoms with Crippen LogP contribution in [0.2, 0.25) is 0 Å². The van der Waals surface area contributed by atoms with E-state index in [0.29, 0.717) is 17.4 Å². The molecule has 1 aliphatic heterocycles. The number of aromatic nitrogens is 1. The number of carbonyl (C=O) groups excluding carboxylic acids is 1. The molecule has 0 radical (unpaired) electrons. The quantitative estimate of drug-likeness (QED) is 0.312. The zero-order valence-corrected chi connectivity index (χ0v) is 18.9. The summed E-state index contributed by atoms with van der Waals surface area (Å²) in [4.78, 5) is 14.9. The molecule has 0 aliphatic carbocycles. The summed E-state index contributed by atoms with van der Waals surface area (Å²) in [5.41, 5.74) is 4.13. The number of thiocarbonyl (C=S) groups is 1. The Bertz CT molecular complexity index is 1390. The van der Waals surface area contributed by atoms with Gasteiger partial charge in [-0.25, -0.2) is 4.39 Å². The number of nitrogens with zero attached hydrogens (tertiary/aromatic N) is 2. The highest BCUT2D eigenvalue weighted by molar-refractivity contribution is 7.80. The SMILES string of the molecule is C[C@@H](c1ccccc1)N1C(=O)/C(=C/c2cc3ccccc3n2Cc2cccc(F)c2)NC1=S. The zero-order chi connectivity index (χ0) is 22.9. The minimum Gasteiger partial charge on any atom is -0.336 e. The molecule has 5 rings (SSSR count). The summed E-state index contributed by atoms with van der Waals surface area (Å²) in [5, 5.41) is 4.52. The fourth-order valence-electron chi connectivity index (χ4n) is 4.27. The summed E-state index contributed by atoms with van der Waals surface area (Å²) in [5.74, 6) is -0.439. The zero-order valence-electron chi connectivity index (χ0n) is 18.0. The van der Waals surface area contributed by atoms with E-state index in [-0.39, 0.29) is 17.8 Å². The summed E-state index contributed by atoms with van der Waals surface area (Å²) in [6.07, 6.45) is 1.83. The Labute approximate surface area is 197 Å². The van der Waals surface area contributed by atoms with Gasteiger partial charge in [0.25, 0.3) is 5.91 Å². The van der Waals surface area contributed by atoms with E-state index in [2.05, 4.69) is 9.88 Å². The number of nitrogens with one attached hydrogen (secondary N) is 1. The molecule has 6 heteroatoms. The summed E-state index contributed by atoms with van der Waals surface area (Å²) in [6, 6.07) is 26.2. The van der Waals surface area contributed by atoms with Crippen LogP contribution in [0.3, 0.4) is 0 Å². The molecular formula is C27H22FN3OS. The van der Waals surface area contributed by atoms with Crippen molar-refractivity contribution in [3.63, 3.8) is 0 Å². The second-order valence-electron chi connectivity index (χ2n) is 8.09. The third-order valence-electron chi connectivity index (χ3n) is 5.94. The van der Waals surface area contributed by atoms with Crippen LogP contribution >= 0.6 is 12.2 Å². The number of rotatable bonds is 5. The van der Waals surface area contributed by atoms with E-state index in [1.165, 1.54) is 12.1 Å². The second kappa shape index (κ2) is 8.64. The van der Waals surface area contributed by atoms with Gasteiger partial charge in [0.2, 0.25) is 0 Å². The average Bonchev–Trinajstić information content (AvgIpc) is 3.30. The van der Waals surface area contributed by atoms with E-state index in [4.69, 9.17) is 12.2 Å². The Balaban J connectivity index is 1.52. The van der Waals surface area contributed by atoms with E-state index in [1.54, 1.807) is 11.0 Å². The molecule has 33 heavy (non-hydrogen) atoms. The van der Waals surface area contributed by atoms with Gasteiger partial charge in [0, 0.05) is 23.1 Å². The van der Waals surface area contributed by atoms with Crippen LogP contribution in [0.4, 0.5) is 4.39 Å². The molecule has 164 valence electrons. The van der Waals surface area contributed by atoms with Crippen LogP contribution in [0.15, 0.2) is 90.6 Å². The van der Waals surface area contributed by atoms with Crippen LogP contribution in [0.5, 0.6) is 0 Å². The molecule has 1 fully saturated rings. The third kappa shape index (κ3) is 4.05. The van der Waals surface area contributed by atoms with Gasteiger partial charge in [0.15, 0.2) is 5.11 Å². The minimum atomic E-state index is -0.271. The van der Waals surface area contributed by atoms with Gasteiger partial charge in [-0.1, -0.05) is 60.7 Å². The highest BCUT2D eigenvalue weighted by atomic mass is 32.1. The molecular weight excluding hydrogens is 433 g/mol. The van der Waals surface area contributed by atoms with Crippen molar-refractivity contribution in [2.24, 2.45) is 0 Å². The Kier molecular flexibility index (Phi) is 5.52. The predicted molar refractivity (Wildman–Crippen MR) is 133 cm³/mol. The molecule has 0 unspecified atom stereocenters.